The quantitative estimate of drug-likeness (QED) is 0.874. The van der Waals surface area contributed by atoms with Crippen molar-refractivity contribution in [3.8, 4) is 11.5 Å². The van der Waals surface area contributed by atoms with Gasteiger partial charge in [0.25, 0.3) is 0 Å². The molecule has 0 saturated carbocycles. The van der Waals surface area contributed by atoms with E-state index >= 15 is 0 Å². The highest BCUT2D eigenvalue weighted by molar-refractivity contribution is 6.41. The Morgan fingerprint density at radius 2 is 1.65 bits per heavy atom. The van der Waals surface area contributed by atoms with Crippen molar-refractivity contribution >= 4 is 28.9 Å². The lowest BCUT2D eigenvalue weighted by atomic mass is 10.2. The van der Waals surface area contributed by atoms with Crippen LogP contribution in [0.2, 0.25) is 10.0 Å². The number of hydrogen-bond acceptors (Lipinski definition) is 3. The van der Waals surface area contributed by atoms with Gasteiger partial charge in [-0.15, -0.1) is 0 Å². The molecule has 0 aliphatic heterocycles. The molecule has 0 spiro atoms. The SMILES string of the molecule is CCC(C)Nc1c(Cl)c(OC)cc(OC)c1Cl. The van der Waals surface area contributed by atoms with Gasteiger partial charge < -0.3 is 14.8 Å². The summed E-state index contributed by atoms with van der Waals surface area (Å²) >= 11 is 12.4. The van der Waals surface area contributed by atoms with E-state index in [4.69, 9.17) is 32.7 Å². The summed E-state index contributed by atoms with van der Waals surface area (Å²) in [5.41, 5.74) is 0.652. The third-order valence-corrected chi connectivity index (χ3v) is 3.33. The van der Waals surface area contributed by atoms with Crippen LogP contribution in [-0.2, 0) is 0 Å². The first-order valence-electron chi connectivity index (χ1n) is 5.41. The summed E-state index contributed by atoms with van der Waals surface area (Å²) in [7, 11) is 3.11. The van der Waals surface area contributed by atoms with E-state index in [0.29, 0.717) is 27.2 Å². The van der Waals surface area contributed by atoms with Crippen molar-refractivity contribution in [2.45, 2.75) is 26.3 Å². The fourth-order valence-electron chi connectivity index (χ4n) is 1.36. The average Bonchev–Trinajstić information content (AvgIpc) is 2.34. The molecule has 5 heteroatoms. The van der Waals surface area contributed by atoms with E-state index in [0.717, 1.165) is 6.42 Å². The van der Waals surface area contributed by atoms with Crippen molar-refractivity contribution in [3.63, 3.8) is 0 Å². The van der Waals surface area contributed by atoms with Gasteiger partial charge in [-0.05, 0) is 13.3 Å². The summed E-state index contributed by atoms with van der Waals surface area (Å²) in [6.45, 7) is 4.13. The Bertz CT molecular complexity index is 368. The number of methoxy groups -OCH3 is 2. The van der Waals surface area contributed by atoms with Crippen molar-refractivity contribution in [3.05, 3.63) is 16.1 Å². The monoisotopic (exact) mass is 277 g/mol. The molecule has 1 rings (SSSR count). The first kappa shape index (κ1) is 14.3. The summed E-state index contributed by atoms with van der Waals surface area (Å²) < 4.78 is 10.4. The van der Waals surface area contributed by atoms with Crippen molar-refractivity contribution in [2.24, 2.45) is 0 Å². The van der Waals surface area contributed by atoms with Gasteiger partial charge in [0.2, 0.25) is 0 Å². The summed E-state index contributed by atoms with van der Waals surface area (Å²) in [5, 5.41) is 4.20. The van der Waals surface area contributed by atoms with Gasteiger partial charge in [-0.1, -0.05) is 30.1 Å². The van der Waals surface area contributed by atoms with Crippen LogP contribution in [0.25, 0.3) is 0 Å². The Balaban J connectivity index is 3.24. The smallest absolute Gasteiger partial charge is 0.143 e. The van der Waals surface area contributed by atoms with Crippen LogP contribution in [-0.4, -0.2) is 20.3 Å². The number of rotatable bonds is 5. The van der Waals surface area contributed by atoms with Gasteiger partial charge in [-0.2, -0.15) is 0 Å². The van der Waals surface area contributed by atoms with Gasteiger partial charge >= 0.3 is 0 Å². The van der Waals surface area contributed by atoms with Gasteiger partial charge in [0, 0.05) is 12.1 Å². The molecule has 0 bridgehead atoms. The van der Waals surface area contributed by atoms with Crippen LogP contribution < -0.4 is 14.8 Å². The molecule has 0 aromatic heterocycles. The second-order valence-electron chi connectivity index (χ2n) is 3.74. The zero-order valence-corrected chi connectivity index (χ0v) is 11.9. The van der Waals surface area contributed by atoms with Gasteiger partial charge in [0.1, 0.15) is 21.5 Å². The van der Waals surface area contributed by atoms with E-state index in [1.54, 1.807) is 20.3 Å². The number of halogens is 2. The van der Waals surface area contributed by atoms with Gasteiger partial charge in [-0.25, -0.2) is 0 Å². The molecular formula is C12H17Cl2NO2. The minimum absolute atomic E-state index is 0.266. The lowest BCUT2D eigenvalue weighted by molar-refractivity contribution is 0.395. The summed E-state index contributed by atoms with van der Waals surface area (Å²) in [6.07, 6.45) is 0.964. The number of hydrogen-bond donors (Lipinski definition) is 1. The maximum atomic E-state index is 6.22. The van der Waals surface area contributed by atoms with E-state index in [9.17, 15) is 0 Å². The highest BCUT2D eigenvalue weighted by Crippen LogP contribution is 2.44. The molecule has 1 aromatic rings. The van der Waals surface area contributed by atoms with Gasteiger partial charge in [-0.3, -0.25) is 0 Å². The topological polar surface area (TPSA) is 30.5 Å². The highest BCUT2D eigenvalue weighted by atomic mass is 35.5. The Kier molecular flexibility index (Phi) is 5.22. The largest absolute Gasteiger partial charge is 0.495 e. The predicted octanol–water partition coefficient (Wildman–Crippen LogP) is 4.22. The Morgan fingerprint density at radius 3 is 2.00 bits per heavy atom. The van der Waals surface area contributed by atoms with Crippen LogP contribution in [0, 0.1) is 0 Å². The van der Waals surface area contributed by atoms with E-state index < -0.39 is 0 Å². The third kappa shape index (κ3) is 3.11. The van der Waals surface area contributed by atoms with Crippen molar-refractivity contribution < 1.29 is 9.47 Å². The Hall–Kier alpha value is -0.800. The van der Waals surface area contributed by atoms with Gasteiger partial charge in [0.15, 0.2) is 0 Å². The molecule has 1 aromatic carbocycles. The Labute approximate surface area is 112 Å². The summed E-state index contributed by atoms with van der Waals surface area (Å²) in [4.78, 5) is 0. The molecule has 0 amide bonds. The fraction of sp³-hybridized carbons (Fsp3) is 0.500. The lowest BCUT2D eigenvalue weighted by Gasteiger charge is -2.19. The molecule has 0 aliphatic carbocycles. The number of ether oxygens (including phenoxy) is 2. The molecule has 1 atom stereocenters. The standard InChI is InChI=1S/C12H17Cl2NO2/c1-5-7(2)15-12-10(13)8(16-3)6-9(17-4)11(12)14/h6-7,15H,5H2,1-4H3. The van der Waals surface area contributed by atoms with Crippen molar-refractivity contribution in [2.75, 3.05) is 19.5 Å². The zero-order chi connectivity index (χ0) is 13.0. The molecule has 1 unspecified atom stereocenters. The molecule has 0 heterocycles. The van der Waals surface area contributed by atoms with Crippen molar-refractivity contribution in [1.29, 1.82) is 0 Å². The molecule has 0 aliphatic rings. The van der Waals surface area contributed by atoms with E-state index in [2.05, 4.69) is 19.2 Å². The lowest BCUT2D eigenvalue weighted by Crippen LogP contribution is -2.14. The van der Waals surface area contributed by atoms with Crippen LogP contribution >= 0.6 is 23.2 Å². The average molecular weight is 278 g/mol. The predicted molar refractivity (Wildman–Crippen MR) is 72.9 cm³/mol. The number of nitrogens with one attached hydrogen (secondary N) is 1. The normalized spacial score (nSPS) is 12.1. The molecule has 1 N–H and O–H groups in total. The highest BCUT2D eigenvalue weighted by Gasteiger charge is 2.17. The summed E-state index contributed by atoms with van der Waals surface area (Å²) in [5.74, 6) is 1.08. The second-order valence-corrected chi connectivity index (χ2v) is 4.49. The minimum atomic E-state index is 0.266. The third-order valence-electron chi connectivity index (χ3n) is 2.58. The first-order chi connectivity index (χ1) is 8.04. The second kappa shape index (κ2) is 6.22. The number of benzene rings is 1. The molecule has 0 saturated heterocycles. The van der Waals surface area contributed by atoms with Crippen molar-refractivity contribution in [1.82, 2.24) is 0 Å². The number of anilines is 1. The summed E-state index contributed by atoms with van der Waals surface area (Å²) in [6, 6.07) is 1.94. The molecular weight excluding hydrogens is 261 g/mol. The van der Waals surface area contributed by atoms with Crippen LogP contribution in [0.3, 0.4) is 0 Å². The molecule has 96 valence electrons. The molecule has 3 nitrogen and oxygen atoms in total. The maximum Gasteiger partial charge on any atom is 0.143 e. The zero-order valence-electron chi connectivity index (χ0n) is 10.4. The Morgan fingerprint density at radius 1 is 1.18 bits per heavy atom. The fourth-order valence-corrected chi connectivity index (χ4v) is 1.97. The van der Waals surface area contributed by atoms with Crippen LogP contribution in [0.15, 0.2) is 6.07 Å². The van der Waals surface area contributed by atoms with Crippen LogP contribution in [0.4, 0.5) is 5.69 Å². The molecule has 0 fully saturated rings. The maximum absolute atomic E-state index is 6.22. The van der Waals surface area contributed by atoms with E-state index in [-0.39, 0.29) is 6.04 Å². The molecule has 17 heavy (non-hydrogen) atoms. The van der Waals surface area contributed by atoms with Gasteiger partial charge in [0.05, 0.1) is 19.9 Å². The minimum Gasteiger partial charge on any atom is -0.495 e. The first-order valence-corrected chi connectivity index (χ1v) is 6.17. The molecule has 0 radical (unpaired) electrons. The van der Waals surface area contributed by atoms with Crippen LogP contribution in [0.5, 0.6) is 11.5 Å². The van der Waals surface area contributed by atoms with E-state index in [1.807, 2.05) is 0 Å². The van der Waals surface area contributed by atoms with E-state index in [1.165, 1.54) is 0 Å². The van der Waals surface area contributed by atoms with Crippen LogP contribution in [0.1, 0.15) is 20.3 Å².